The lowest BCUT2D eigenvalue weighted by molar-refractivity contribution is 0.0876. The van der Waals surface area contributed by atoms with E-state index in [2.05, 4.69) is 16.9 Å². The third-order valence-electron chi connectivity index (χ3n) is 2.01. The first-order valence-corrected chi connectivity index (χ1v) is 4.81. The van der Waals surface area contributed by atoms with Crippen LogP contribution in [0.25, 0.3) is 0 Å². The molecule has 0 fully saturated rings. The molecule has 0 saturated heterocycles. The van der Waals surface area contributed by atoms with Crippen LogP contribution >= 0.6 is 0 Å². The molecule has 0 aromatic carbocycles. The van der Waals surface area contributed by atoms with Crippen molar-refractivity contribution in [1.82, 2.24) is 9.97 Å². The van der Waals surface area contributed by atoms with E-state index in [1.165, 1.54) is 0 Å². The van der Waals surface area contributed by atoms with Crippen molar-refractivity contribution in [2.24, 2.45) is 0 Å². The topological polar surface area (TPSA) is 61.0 Å². The van der Waals surface area contributed by atoms with Crippen LogP contribution in [0.5, 0.6) is 0 Å². The van der Waals surface area contributed by atoms with Gasteiger partial charge in [0, 0.05) is 18.9 Å². The average Bonchev–Trinajstić information content (AvgIpc) is 2.12. The Morgan fingerprint density at radius 1 is 1.50 bits per heavy atom. The van der Waals surface area contributed by atoms with Crippen LogP contribution in [0.4, 0.5) is 5.82 Å². The predicted molar refractivity (Wildman–Crippen MR) is 55.8 cm³/mol. The predicted octanol–water partition coefficient (Wildman–Crippen LogP) is 1.85. The zero-order valence-electron chi connectivity index (χ0n) is 8.95. The Balaban J connectivity index is 2.91. The van der Waals surface area contributed by atoms with E-state index in [-0.39, 0.29) is 6.10 Å². The van der Waals surface area contributed by atoms with Gasteiger partial charge in [0.15, 0.2) is 5.82 Å². The van der Waals surface area contributed by atoms with E-state index in [1.807, 2.05) is 6.92 Å². The highest BCUT2D eigenvalue weighted by Gasteiger charge is 2.13. The molecule has 1 heterocycles. The summed E-state index contributed by atoms with van der Waals surface area (Å²) in [7, 11) is 1.67. The number of hydrogen-bond donors (Lipinski definition) is 1. The number of nitrogens with two attached hydrogens (primary N) is 1. The Kier molecular flexibility index (Phi) is 3.83. The molecule has 1 unspecified atom stereocenters. The summed E-state index contributed by atoms with van der Waals surface area (Å²) in [5.41, 5.74) is 6.52. The summed E-state index contributed by atoms with van der Waals surface area (Å²) in [4.78, 5) is 8.47. The van der Waals surface area contributed by atoms with E-state index in [0.717, 1.165) is 18.5 Å². The van der Waals surface area contributed by atoms with Gasteiger partial charge in [-0.1, -0.05) is 13.3 Å². The standard InChI is InChI=1S/C10H17N3O/c1-4-5-8(14-3)10-12-7(2)6-9(11)13-10/h6,8H,4-5H2,1-3H3,(H2,11,12,13). The van der Waals surface area contributed by atoms with Crippen molar-refractivity contribution in [1.29, 1.82) is 0 Å². The molecule has 1 aromatic heterocycles. The van der Waals surface area contributed by atoms with Gasteiger partial charge in [0.2, 0.25) is 0 Å². The number of hydrogen-bond acceptors (Lipinski definition) is 4. The minimum absolute atomic E-state index is 0.0396. The van der Waals surface area contributed by atoms with Crippen LogP contribution in [0.3, 0.4) is 0 Å². The molecule has 0 spiro atoms. The number of aryl methyl sites for hydroxylation is 1. The highest BCUT2D eigenvalue weighted by Crippen LogP contribution is 2.19. The van der Waals surface area contributed by atoms with Crippen LogP contribution in [-0.4, -0.2) is 17.1 Å². The summed E-state index contributed by atoms with van der Waals surface area (Å²) in [6.45, 7) is 4.01. The van der Waals surface area contributed by atoms with Gasteiger partial charge in [-0.25, -0.2) is 9.97 Å². The SMILES string of the molecule is CCCC(OC)c1nc(C)cc(N)n1. The second-order valence-corrected chi connectivity index (χ2v) is 3.31. The first-order chi connectivity index (χ1) is 6.67. The molecule has 0 aliphatic heterocycles. The van der Waals surface area contributed by atoms with Crippen LogP contribution in [0.2, 0.25) is 0 Å². The average molecular weight is 195 g/mol. The maximum atomic E-state index is 5.64. The van der Waals surface area contributed by atoms with Gasteiger partial charge in [0.05, 0.1) is 0 Å². The van der Waals surface area contributed by atoms with Crippen LogP contribution in [0, 0.1) is 6.92 Å². The fourth-order valence-electron chi connectivity index (χ4n) is 1.38. The van der Waals surface area contributed by atoms with Gasteiger partial charge in [0.1, 0.15) is 11.9 Å². The molecule has 0 aliphatic carbocycles. The molecular formula is C10H17N3O. The Bertz CT molecular complexity index is 281. The minimum Gasteiger partial charge on any atom is -0.384 e. The van der Waals surface area contributed by atoms with Crippen molar-refractivity contribution in [2.75, 3.05) is 12.8 Å². The lowest BCUT2D eigenvalue weighted by Crippen LogP contribution is -2.09. The van der Waals surface area contributed by atoms with Crippen molar-refractivity contribution >= 4 is 5.82 Å². The van der Waals surface area contributed by atoms with Crippen LogP contribution < -0.4 is 5.73 Å². The van der Waals surface area contributed by atoms with Crippen LogP contribution in [0.1, 0.15) is 37.4 Å². The quantitative estimate of drug-likeness (QED) is 0.796. The summed E-state index contributed by atoms with van der Waals surface area (Å²) >= 11 is 0. The zero-order chi connectivity index (χ0) is 10.6. The maximum Gasteiger partial charge on any atom is 0.159 e. The number of rotatable bonds is 4. The summed E-state index contributed by atoms with van der Waals surface area (Å²) in [6.07, 6.45) is 1.91. The van der Waals surface area contributed by atoms with Crippen molar-refractivity contribution in [3.63, 3.8) is 0 Å². The molecule has 1 rings (SSSR count). The number of nitrogens with zero attached hydrogens (tertiary/aromatic N) is 2. The Morgan fingerprint density at radius 2 is 2.21 bits per heavy atom. The smallest absolute Gasteiger partial charge is 0.159 e. The molecule has 0 radical (unpaired) electrons. The van der Waals surface area contributed by atoms with E-state index >= 15 is 0 Å². The monoisotopic (exact) mass is 195 g/mol. The first kappa shape index (κ1) is 10.9. The molecular weight excluding hydrogens is 178 g/mol. The van der Waals surface area contributed by atoms with Crippen molar-refractivity contribution in [2.45, 2.75) is 32.8 Å². The molecule has 0 amide bonds. The second-order valence-electron chi connectivity index (χ2n) is 3.31. The van der Waals surface area contributed by atoms with Crippen molar-refractivity contribution < 1.29 is 4.74 Å². The van der Waals surface area contributed by atoms with Crippen molar-refractivity contribution in [3.05, 3.63) is 17.6 Å². The fourth-order valence-corrected chi connectivity index (χ4v) is 1.38. The highest BCUT2D eigenvalue weighted by molar-refractivity contribution is 5.29. The molecule has 2 N–H and O–H groups in total. The number of anilines is 1. The molecule has 14 heavy (non-hydrogen) atoms. The third kappa shape index (κ3) is 2.67. The summed E-state index contributed by atoms with van der Waals surface area (Å²) in [6, 6.07) is 1.75. The zero-order valence-corrected chi connectivity index (χ0v) is 8.95. The van der Waals surface area contributed by atoms with Crippen LogP contribution in [-0.2, 0) is 4.74 Å². The Labute approximate surface area is 84.5 Å². The van der Waals surface area contributed by atoms with E-state index in [0.29, 0.717) is 11.6 Å². The number of aromatic nitrogens is 2. The van der Waals surface area contributed by atoms with Gasteiger partial charge in [-0.05, 0) is 13.3 Å². The lowest BCUT2D eigenvalue weighted by atomic mass is 10.2. The van der Waals surface area contributed by atoms with Gasteiger partial charge in [0.25, 0.3) is 0 Å². The highest BCUT2D eigenvalue weighted by atomic mass is 16.5. The molecule has 0 aliphatic rings. The molecule has 4 nitrogen and oxygen atoms in total. The number of ether oxygens (including phenoxy) is 1. The summed E-state index contributed by atoms with van der Waals surface area (Å²) in [5, 5.41) is 0. The van der Waals surface area contributed by atoms with E-state index in [4.69, 9.17) is 10.5 Å². The Hall–Kier alpha value is -1.16. The first-order valence-electron chi connectivity index (χ1n) is 4.81. The van der Waals surface area contributed by atoms with Crippen molar-refractivity contribution in [3.8, 4) is 0 Å². The molecule has 0 saturated carbocycles. The molecule has 1 aromatic rings. The van der Waals surface area contributed by atoms with Crippen LogP contribution in [0.15, 0.2) is 6.07 Å². The fraction of sp³-hybridized carbons (Fsp3) is 0.600. The van der Waals surface area contributed by atoms with Gasteiger partial charge in [-0.2, -0.15) is 0 Å². The maximum absolute atomic E-state index is 5.64. The van der Waals surface area contributed by atoms with E-state index < -0.39 is 0 Å². The summed E-state index contributed by atoms with van der Waals surface area (Å²) in [5.74, 6) is 1.19. The van der Waals surface area contributed by atoms with Gasteiger partial charge in [-0.15, -0.1) is 0 Å². The molecule has 1 atom stereocenters. The van der Waals surface area contributed by atoms with Gasteiger partial charge >= 0.3 is 0 Å². The van der Waals surface area contributed by atoms with Gasteiger partial charge < -0.3 is 10.5 Å². The minimum atomic E-state index is -0.0396. The lowest BCUT2D eigenvalue weighted by Gasteiger charge is -2.13. The second kappa shape index (κ2) is 4.91. The Morgan fingerprint density at radius 3 is 2.71 bits per heavy atom. The molecule has 4 heteroatoms. The largest absolute Gasteiger partial charge is 0.384 e. The number of methoxy groups -OCH3 is 1. The summed E-state index contributed by atoms with van der Waals surface area (Å²) < 4.78 is 5.31. The third-order valence-corrected chi connectivity index (χ3v) is 2.01. The molecule has 0 bridgehead atoms. The van der Waals surface area contributed by atoms with E-state index in [9.17, 15) is 0 Å². The normalized spacial score (nSPS) is 12.8. The number of nitrogen functional groups attached to an aromatic ring is 1. The van der Waals surface area contributed by atoms with E-state index in [1.54, 1.807) is 13.2 Å². The molecule has 78 valence electrons. The van der Waals surface area contributed by atoms with Gasteiger partial charge in [-0.3, -0.25) is 0 Å².